The molecule has 1 rings (SSSR count). The average molecular weight is 422 g/mol. The third-order valence-corrected chi connectivity index (χ3v) is 4.64. The highest BCUT2D eigenvalue weighted by atomic mass is 16.5. The van der Waals surface area contributed by atoms with Gasteiger partial charge in [0.2, 0.25) is 11.8 Å². The number of carbonyl (C=O) groups is 3. The molecule has 0 radical (unpaired) electrons. The quantitative estimate of drug-likeness (QED) is 0.164. The number of ether oxygens (including phenoxy) is 1. The van der Waals surface area contributed by atoms with E-state index in [1.165, 1.54) is 6.92 Å². The van der Waals surface area contributed by atoms with Gasteiger partial charge in [-0.25, -0.2) is 0 Å². The first-order chi connectivity index (χ1) is 13.6. The second kappa shape index (κ2) is 12.0. The van der Waals surface area contributed by atoms with Gasteiger partial charge in [0.1, 0.15) is 30.5 Å². The molecule has 0 aliphatic carbocycles. The smallest absolute Gasteiger partial charge is 0.303 e. The number of amides is 2. The predicted molar refractivity (Wildman–Crippen MR) is 96.5 cm³/mol. The number of nitrogens with one attached hydrogen (secondary N) is 2. The van der Waals surface area contributed by atoms with Crippen molar-refractivity contribution < 1.29 is 49.8 Å². The van der Waals surface area contributed by atoms with Crippen LogP contribution in [-0.2, 0) is 19.1 Å². The summed E-state index contributed by atoms with van der Waals surface area (Å²) in [6.07, 6.45) is -7.41. The molecule has 12 heteroatoms. The van der Waals surface area contributed by atoms with E-state index in [9.17, 15) is 34.8 Å². The van der Waals surface area contributed by atoms with Gasteiger partial charge in [-0.15, -0.1) is 0 Å². The van der Waals surface area contributed by atoms with Crippen LogP contribution in [0.1, 0.15) is 32.6 Å². The van der Waals surface area contributed by atoms with E-state index in [-0.39, 0.29) is 32.2 Å². The summed E-state index contributed by atoms with van der Waals surface area (Å²) in [5.41, 5.74) is 0. The molecule has 0 aromatic carbocycles. The molecule has 1 aliphatic heterocycles. The molecular weight excluding hydrogens is 392 g/mol. The Labute approximate surface area is 167 Å². The molecule has 0 aromatic rings. The SMILES string of the molecule is C[C@H]1O[C@@H](CCNC(=O)[C@@H](NC(=O)CCCC(=O)O)C(O)CO)[C@@H](O)[C@@H](O)[C@@H]1O. The number of hydrogen-bond acceptors (Lipinski definition) is 9. The monoisotopic (exact) mass is 422 g/mol. The molecule has 0 aromatic heterocycles. The Balaban J connectivity index is 2.54. The molecule has 1 fully saturated rings. The fourth-order valence-electron chi connectivity index (χ4n) is 2.91. The first-order valence-electron chi connectivity index (χ1n) is 9.35. The lowest BCUT2D eigenvalue weighted by molar-refractivity contribution is -0.217. The van der Waals surface area contributed by atoms with Gasteiger partial charge in [0.05, 0.1) is 18.8 Å². The topological polar surface area (TPSA) is 206 Å². The largest absolute Gasteiger partial charge is 0.481 e. The average Bonchev–Trinajstić information content (AvgIpc) is 2.67. The molecule has 1 heterocycles. The van der Waals surface area contributed by atoms with Crippen molar-refractivity contribution >= 4 is 17.8 Å². The van der Waals surface area contributed by atoms with Crippen LogP contribution in [0.4, 0.5) is 0 Å². The molecular formula is C17H30N2O10. The van der Waals surface area contributed by atoms with Crippen LogP contribution in [0.2, 0.25) is 0 Å². The van der Waals surface area contributed by atoms with Gasteiger partial charge in [-0.3, -0.25) is 14.4 Å². The van der Waals surface area contributed by atoms with Gasteiger partial charge in [0.25, 0.3) is 0 Å². The second-order valence-electron chi connectivity index (χ2n) is 6.97. The molecule has 0 saturated carbocycles. The zero-order valence-corrected chi connectivity index (χ0v) is 16.1. The molecule has 7 atom stereocenters. The summed E-state index contributed by atoms with van der Waals surface area (Å²) >= 11 is 0. The number of carbonyl (C=O) groups excluding carboxylic acids is 2. The minimum Gasteiger partial charge on any atom is -0.481 e. The van der Waals surface area contributed by atoms with E-state index < -0.39 is 67.1 Å². The van der Waals surface area contributed by atoms with Crippen molar-refractivity contribution in [1.82, 2.24) is 10.6 Å². The Morgan fingerprint density at radius 3 is 2.31 bits per heavy atom. The summed E-state index contributed by atoms with van der Waals surface area (Å²) in [6.45, 7) is 0.693. The highest BCUT2D eigenvalue weighted by Crippen LogP contribution is 2.22. The minimum atomic E-state index is -1.58. The predicted octanol–water partition coefficient (Wildman–Crippen LogP) is -3.54. The second-order valence-corrected chi connectivity index (χ2v) is 6.97. The van der Waals surface area contributed by atoms with Crippen LogP contribution in [0.5, 0.6) is 0 Å². The molecule has 2 amide bonds. The number of aliphatic hydroxyl groups excluding tert-OH is 5. The third kappa shape index (κ3) is 7.84. The molecule has 1 aliphatic rings. The van der Waals surface area contributed by atoms with Gasteiger partial charge in [0, 0.05) is 19.4 Å². The molecule has 0 bridgehead atoms. The number of carboxylic acids is 1. The van der Waals surface area contributed by atoms with E-state index in [0.29, 0.717) is 0 Å². The maximum atomic E-state index is 12.3. The maximum Gasteiger partial charge on any atom is 0.303 e. The summed E-state index contributed by atoms with van der Waals surface area (Å²) in [6, 6.07) is -1.46. The highest BCUT2D eigenvalue weighted by Gasteiger charge is 2.41. The van der Waals surface area contributed by atoms with Crippen LogP contribution < -0.4 is 10.6 Å². The first kappa shape index (κ1) is 25.2. The summed E-state index contributed by atoms with van der Waals surface area (Å²) in [7, 11) is 0. The lowest BCUT2D eigenvalue weighted by atomic mass is 9.94. The molecule has 8 N–H and O–H groups in total. The van der Waals surface area contributed by atoms with E-state index in [2.05, 4.69) is 10.6 Å². The number of hydrogen-bond donors (Lipinski definition) is 8. The molecule has 1 saturated heterocycles. The zero-order chi connectivity index (χ0) is 22.1. The van der Waals surface area contributed by atoms with E-state index in [1.807, 2.05) is 0 Å². The van der Waals surface area contributed by atoms with Gasteiger partial charge in [-0.2, -0.15) is 0 Å². The van der Waals surface area contributed by atoms with Crippen LogP contribution in [0.3, 0.4) is 0 Å². The van der Waals surface area contributed by atoms with Gasteiger partial charge in [0.15, 0.2) is 0 Å². The van der Waals surface area contributed by atoms with Crippen molar-refractivity contribution in [2.24, 2.45) is 0 Å². The molecule has 168 valence electrons. The highest BCUT2D eigenvalue weighted by molar-refractivity contribution is 5.88. The lowest BCUT2D eigenvalue weighted by Gasteiger charge is -2.39. The summed E-state index contributed by atoms with van der Waals surface area (Å²) in [5.74, 6) is -2.52. The Morgan fingerprint density at radius 2 is 1.72 bits per heavy atom. The minimum absolute atomic E-state index is 0.0420. The molecule has 0 spiro atoms. The van der Waals surface area contributed by atoms with Crippen molar-refractivity contribution in [3.05, 3.63) is 0 Å². The third-order valence-electron chi connectivity index (χ3n) is 4.64. The van der Waals surface area contributed by atoms with E-state index in [1.54, 1.807) is 0 Å². The fraction of sp³-hybridized carbons (Fsp3) is 0.824. The first-order valence-corrected chi connectivity index (χ1v) is 9.35. The van der Waals surface area contributed by atoms with Gasteiger partial charge in [-0.05, 0) is 19.8 Å². The summed E-state index contributed by atoms with van der Waals surface area (Å²) < 4.78 is 5.40. The van der Waals surface area contributed by atoms with Gasteiger partial charge in [-0.1, -0.05) is 0 Å². The van der Waals surface area contributed by atoms with Crippen molar-refractivity contribution in [2.45, 2.75) is 75.3 Å². The number of carboxylic acid groups (broad SMARTS) is 1. The lowest BCUT2D eigenvalue weighted by Crippen LogP contribution is -2.57. The molecule has 29 heavy (non-hydrogen) atoms. The Kier molecular flexibility index (Phi) is 10.4. The van der Waals surface area contributed by atoms with Gasteiger partial charge >= 0.3 is 5.97 Å². The van der Waals surface area contributed by atoms with E-state index in [0.717, 1.165) is 0 Å². The van der Waals surface area contributed by atoms with Crippen LogP contribution in [0.25, 0.3) is 0 Å². The van der Waals surface area contributed by atoms with Crippen LogP contribution in [-0.4, -0.2) is 104 Å². The standard InChI is InChI=1S/C17H30N2O10/c1-8-14(25)16(27)15(26)10(29-8)5-6-18-17(28)13(9(21)7-20)19-11(22)3-2-4-12(23)24/h8-10,13-16,20-21,25-27H,2-7H2,1H3,(H,18,28)(H,19,22)(H,23,24)/t8-,9?,10+,13+,14-,15-,16+/m1/s1. The Morgan fingerprint density at radius 1 is 1.07 bits per heavy atom. The van der Waals surface area contributed by atoms with Crippen molar-refractivity contribution in [2.75, 3.05) is 13.2 Å². The number of rotatable bonds is 11. The number of aliphatic hydroxyl groups is 5. The van der Waals surface area contributed by atoms with Crippen molar-refractivity contribution in [3.8, 4) is 0 Å². The summed E-state index contributed by atoms with van der Waals surface area (Å²) in [4.78, 5) is 34.6. The van der Waals surface area contributed by atoms with Gasteiger partial charge < -0.3 is 46.0 Å². The van der Waals surface area contributed by atoms with E-state index in [4.69, 9.17) is 14.9 Å². The normalized spacial score (nSPS) is 29.0. The van der Waals surface area contributed by atoms with Crippen LogP contribution in [0, 0.1) is 0 Å². The van der Waals surface area contributed by atoms with Crippen LogP contribution >= 0.6 is 0 Å². The Bertz CT molecular complexity index is 560. The fourth-order valence-corrected chi connectivity index (χ4v) is 2.91. The summed E-state index contributed by atoms with van der Waals surface area (Å²) in [5, 5.41) is 61.5. The molecule has 1 unspecified atom stereocenters. The zero-order valence-electron chi connectivity index (χ0n) is 16.1. The van der Waals surface area contributed by atoms with Crippen molar-refractivity contribution in [1.29, 1.82) is 0 Å². The number of aliphatic carboxylic acids is 1. The van der Waals surface area contributed by atoms with E-state index >= 15 is 0 Å². The van der Waals surface area contributed by atoms with Crippen LogP contribution in [0.15, 0.2) is 0 Å². The maximum absolute atomic E-state index is 12.3. The Hall–Kier alpha value is -1.83. The molecule has 12 nitrogen and oxygen atoms in total. The van der Waals surface area contributed by atoms with Crippen molar-refractivity contribution in [3.63, 3.8) is 0 Å².